The molecule has 0 aliphatic carbocycles. The number of benzene rings is 3. The van der Waals surface area contributed by atoms with Crippen molar-refractivity contribution in [3.63, 3.8) is 0 Å². The highest BCUT2D eigenvalue weighted by Gasteiger charge is 2.15. The molecule has 0 spiro atoms. The van der Waals surface area contributed by atoms with E-state index in [0.717, 1.165) is 29.7 Å². The lowest BCUT2D eigenvalue weighted by atomic mass is 9.98. The van der Waals surface area contributed by atoms with Crippen LogP contribution >= 0.6 is 15.9 Å². The van der Waals surface area contributed by atoms with Crippen LogP contribution in [0.2, 0.25) is 0 Å². The number of unbranched alkanes of at least 4 members (excludes halogenated alkanes) is 8. The van der Waals surface area contributed by atoms with Gasteiger partial charge in [0.05, 0.1) is 6.10 Å². The summed E-state index contributed by atoms with van der Waals surface area (Å²) in [7, 11) is 0. The molecule has 1 N–H and O–H groups in total. The molecular weight excluding hydrogens is 470 g/mol. The zero-order valence-electron chi connectivity index (χ0n) is 20.7. The molecule has 0 aliphatic heterocycles. The molecule has 3 heteroatoms. The number of aliphatic hydroxyl groups is 1. The average Bonchev–Trinajstić information content (AvgIpc) is 2.83. The topological polar surface area (TPSA) is 23.5 Å². The number of aliphatic hydroxyl groups excluding tert-OH is 1. The van der Waals surface area contributed by atoms with Crippen molar-refractivity contribution in [2.24, 2.45) is 0 Å². The first-order valence-corrected chi connectivity index (χ1v) is 13.9. The predicted octanol–water partition coefficient (Wildman–Crippen LogP) is 9.03. The number of hydrogen-bond donors (Lipinski definition) is 1. The van der Waals surface area contributed by atoms with Gasteiger partial charge >= 0.3 is 0 Å². The Morgan fingerprint density at radius 3 is 1.97 bits per heavy atom. The van der Waals surface area contributed by atoms with Crippen molar-refractivity contribution in [1.29, 1.82) is 0 Å². The summed E-state index contributed by atoms with van der Waals surface area (Å²) >= 11 is 3.72. The third-order valence-corrected chi connectivity index (χ3v) is 7.46. The highest BCUT2D eigenvalue weighted by molar-refractivity contribution is 9.10. The zero-order chi connectivity index (χ0) is 23.5. The van der Waals surface area contributed by atoms with Gasteiger partial charge in [-0.3, -0.25) is 0 Å². The number of halogens is 1. The molecule has 0 fully saturated rings. The van der Waals surface area contributed by atoms with E-state index in [-0.39, 0.29) is 0 Å². The summed E-state index contributed by atoms with van der Waals surface area (Å²) in [6.07, 6.45) is 12.5. The lowest BCUT2D eigenvalue weighted by Crippen LogP contribution is -2.31. The van der Waals surface area contributed by atoms with Crippen LogP contribution in [-0.2, 0) is 0 Å². The monoisotopic (exact) mass is 511 g/mol. The first-order valence-electron chi connectivity index (χ1n) is 13.1. The number of nitrogens with zero attached hydrogens (tertiary/aromatic N) is 1. The van der Waals surface area contributed by atoms with Crippen molar-refractivity contribution in [1.82, 2.24) is 4.90 Å². The van der Waals surface area contributed by atoms with E-state index >= 15 is 0 Å². The van der Waals surface area contributed by atoms with Crippen molar-refractivity contribution in [3.8, 4) is 0 Å². The van der Waals surface area contributed by atoms with Crippen molar-refractivity contribution >= 4 is 37.5 Å². The summed E-state index contributed by atoms with van der Waals surface area (Å²) in [6.45, 7) is 7.45. The molecule has 0 amide bonds. The van der Waals surface area contributed by atoms with Crippen molar-refractivity contribution in [2.45, 2.75) is 84.2 Å². The van der Waals surface area contributed by atoms with Gasteiger partial charge in [-0.25, -0.2) is 0 Å². The number of fused-ring (bicyclic) bond motifs is 3. The quantitative estimate of drug-likeness (QED) is 0.162. The van der Waals surface area contributed by atoms with E-state index in [0.29, 0.717) is 0 Å². The van der Waals surface area contributed by atoms with Crippen LogP contribution in [0, 0.1) is 0 Å². The van der Waals surface area contributed by atoms with Crippen LogP contribution < -0.4 is 0 Å². The Morgan fingerprint density at radius 2 is 1.33 bits per heavy atom. The second-order valence-corrected chi connectivity index (χ2v) is 10.4. The van der Waals surface area contributed by atoms with Crippen molar-refractivity contribution in [2.75, 3.05) is 19.6 Å². The Bertz CT molecular complexity index is 972. The first-order chi connectivity index (χ1) is 16.1. The molecule has 0 unspecified atom stereocenters. The van der Waals surface area contributed by atoms with Crippen molar-refractivity contribution in [3.05, 3.63) is 58.6 Å². The molecule has 0 bridgehead atoms. The minimum absolute atomic E-state index is 0.455. The van der Waals surface area contributed by atoms with E-state index in [1.165, 1.54) is 85.8 Å². The Balaban J connectivity index is 1.70. The maximum atomic E-state index is 11.2. The van der Waals surface area contributed by atoms with Gasteiger partial charge in [-0.15, -0.1) is 0 Å². The molecule has 0 aliphatic rings. The molecule has 180 valence electrons. The highest BCUT2D eigenvalue weighted by Crippen LogP contribution is 2.33. The van der Waals surface area contributed by atoms with E-state index in [9.17, 15) is 5.11 Å². The number of hydrogen-bond acceptors (Lipinski definition) is 2. The summed E-state index contributed by atoms with van der Waals surface area (Å²) in [6, 6.07) is 17.2. The van der Waals surface area contributed by atoms with Crippen LogP contribution in [-0.4, -0.2) is 29.6 Å². The van der Waals surface area contributed by atoms with Gasteiger partial charge in [-0.2, -0.15) is 0 Å². The Kier molecular flexibility index (Phi) is 11.2. The second-order valence-electron chi connectivity index (χ2n) is 9.53. The molecule has 3 aromatic rings. The van der Waals surface area contributed by atoms with Crippen molar-refractivity contribution < 1.29 is 5.11 Å². The van der Waals surface area contributed by atoms with Gasteiger partial charge in [0.2, 0.25) is 0 Å². The highest BCUT2D eigenvalue weighted by atomic mass is 79.9. The average molecular weight is 513 g/mol. The summed E-state index contributed by atoms with van der Waals surface area (Å²) in [5, 5.41) is 16.1. The molecule has 0 heterocycles. The summed E-state index contributed by atoms with van der Waals surface area (Å²) < 4.78 is 1.12. The minimum atomic E-state index is -0.455. The number of rotatable bonds is 15. The normalized spacial score (nSPS) is 12.8. The standard InChI is InChI=1S/C30H42BrNO/c1-3-5-7-9-13-19-32(20-14-10-8-6-4-2)23-30(33)25-18-17-24-22-29(31)27-16-12-11-15-26(27)28(24)21-25/h11-12,15-18,21-22,30,33H,3-10,13-14,19-20,23H2,1-2H3/t30-/m1/s1. The fourth-order valence-corrected chi connectivity index (χ4v) is 5.40. The molecule has 3 rings (SSSR count). The molecule has 0 aromatic heterocycles. The second kappa shape index (κ2) is 14.1. The fraction of sp³-hybridized carbons (Fsp3) is 0.533. The Hall–Kier alpha value is -1.42. The summed E-state index contributed by atoms with van der Waals surface area (Å²) in [4.78, 5) is 2.51. The van der Waals surface area contributed by atoms with Gasteiger partial charge in [-0.1, -0.05) is 118 Å². The van der Waals surface area contributed by atoms with Crippen LogP contribution in [0.4, 0.5) is 0 Å². The van der Waals surface area contributed by atoms with E-state index in [2.05, 4.69) is 83.2 Å². The van der Waals surface area contributed by atoms with Crippen LogP contribution in [0.15, 0.2) is 53.0 Å². The summed E-state index contributed by atoms with van der Waals surface area (Å²) in [5.74, 6) is 0. The van der Waals surface area contributed by atoms with Crippen LogP contribution in [0.1, 0.15) is 89.7 Å². The van der Waals surface area contributed by atoms with E-state index < -0.39 is 6.10 Å². The molecule has 2 nitrogen and oxygen atoms in total. The first kappa shape index (κ1) is 26.2. The smallest absolute Gasteiger partial charge is 0.0917 e. The minimum Gasteiger partial charge on any atom is -0.387 e. The third-order valence-electron chi connectivity index (χ3n) is 6.81. The molecule has 3 aromatic carbocycles. The van der Waals surface area contributed by atoms with Crippen LogP contribution in [0.5, 0.6) is 0 Å². The Morgan fingerprint density at radius 1 is 0.727 bits per heavy atom. The predicted molar refractivity (Wildman–Crippen MR) is 148 cm³/mol. The van der Waals surface area contributed by atoms with E-state index in [1.54, 1.807) is 0 Å². The molecule has 0 saturated heterocycles. The van der Waals surface area contributed by atoms with E-state index in [4.69, 9.17) is 0 Å². The molecule has 0 radical (unpaired) electrons. The summed E-state index contributed by atoms with van der Waals surface area (Å²) in [5.41, 5.74) is 1.02. The Labute approximate surface area is 209 Å². The largest absolute Gasteiger partial charge is 0.387 e. The molecule has 33 heavy (non-hydrogen) atoms. The van der Waals surface area contributed by atoms with Crippen LogP contribution in [0.3, 0.4) is 0 Å². The molecule has 1 atom stereocenters. The molecule has 0 saturated carbocycles. The van der Waals surface area contributed by atoms with Gasteiger partial charge in [0.1, 0.15) is 0 Å². The van der Waals surface area contributed by atoms with Gasteiger partial charge < -0.3 is 10.0 Å². The zero-order valence-corrected chi connectivity index (χ0v) is 22.2. The van der Waals surface area contributed by atoms with Gasteiger partial charge in [0.15, 0.2) is 0 Å². The SMILES string of the molecule is CCCCCCCN(CCCCCCC)C[C@@H](O)c1ccc2cc(Br)c3ccccc3c2c1. The lowest BCUT2D eigenvalue weighted by Gasteiger charge is -2.25. The van der Waals surface area contributed by atoms with E-state index in [1.807, 2.05) is 0 Å². The maximum Gasteiger partial charge on any atom is 0.0917 e. The van der Waals surface area contributed by atoms with Gasteiger partial charge in [-0.05, 0) is 65.2 Å². The van der Waals surface area contributed by atoms with Crippen LogP contribution in [0.25, 0.3) is 21.5 Å². The maximum absolute atomic E-state index is 11.2. The van der Waals surface area contributed by atoms with Gasteiger partial charge in [0.25, 0.3) is 0 Å². The fourth-order valence-electron chi connectivity index (χ4n) is 4.80. The van der Waals surface area contributed by atoms with Gasteiger partial charge in [0, 0.05) is 11.0 Å². The lowest BCUT2D eigenvalue weighted by molar-refractivity contribution is 0.110. The third kappa shape index (κ3) is 7.80. The molecular formula is C30H42BrNO.